The van der Waals surface area contributed by atoms with Crippen LogP contribution < -0.4 is 10.1 Å². The molecule has 178 valence electrons. The van der Waals surface area contributed by atoms with E-state index in [1.807, 2.05) is 0 Å². The van der Waals surface area contributed by atoms with E-state index in [0.717, 1.165) is 31.1 Å². The van der Waals surface area contributed by atoms with Crippen molar-refractivity contribution in [1.29, 1.82) is 0 Å². The number of fused-ring (bicyclic) bond motifs is 3. The monoisotopic (exact) mass is 454 g/mol. The molecule has 2 atom stereocenters. The Labute approximate surface area is 205 Å². The zero-order chi connectivity index (χ0) is 23.3. The van der Waals surface area contributed by atoms with Crippen LogP contribution in [0.3, 0.4) is 0 Å². The van der Waals surface area contributed by atoms with Crippen LogP contribution in [0.2, 0.25) is 0 Å². The second kappa shape index (κ2) is 10.8. The van der Waals surface area contributed by atoms with Gasteiger partial charge in [0.15, 0.2) is 0 Å². The zero-order valence-electron chi connectivity index (χ0n) is 20.6. The molecule has 0 radical (unpaired) electrons. The van der Waals surface area contributed by atoms with Crippen LogP contribution in [-0.2, 0) is 13.0 Å². The zero-order valence-corrected chi connectivity index (χ0v) is 20.6. The Kier molecular flexibility index (Phi) is 7.32. The SMILES string of the molecule is CCCc1ccc(OC)c(CNC2C3CCN(CC3)C2C(c2ccccc2)c2ccccc2)c1. The average Bonchev–Trinajstić information content (AvgIpc) is 2.90. The molecule has 6 rings (SSSR count). The minimum absolute atomic E-state index is 0.358. The first-order chi connectivity index (χ1) is 16.8. The van der Waals surface area contributed by atoms with Gasteiger partial charge < -0.3 is 10.1 Å². The maximum Gasteiger partial charge on any atom is 0.123 e. The number of hydrogen-bond donors (Lipinski definition) is 1. The molecule has 3 saturated heterocycles. The van der Waals surface area contributed by atoms with Crippen molar-refractivity contribution in [3.8, 4) is 5.75 Å². The Hall–Kier alpha value is -2.62. The van der Waals surface area contributed by atoms with Crippen LogP contribution in [0.1, 0.15) is 54.4 Å². The molecule has 0 aromatic heterocycles. The normalized spacial score (nSPS) is 23.9. The first-order valence-corrected chi connectivity index (χ1v) is 13.0. The van der Waals surface area contributed by atoms with Crippen LogP contribution in [0.4, 0.5) is 0 Å². The van der Waals surface area contributed by atoms with Crippen LogP contribution in [0.15, 0.2) is 78.9 Å². The van der Waals surface area contributed by atoms with Crippen molar-refractivity contribution in [2.24, 2.45) is 5.92 Å². The third kappa shape index (κ3) is 4.78. The van der Waals surface area contributed by atoms with E-state index in [1.54, 1.807) is 7.11 Å². The molecule has 3 aliphatic rings. The largest absolute Gasteiger partial charge is 0.496 e. The van der Waals surface area contributed by atoms with Crippen LogP contribution >= 0.6 is 0 Å². The Balaban J connectivity index is 1.47. The van der Waals surface area contributed by atoms with Crippen LogP contribution in [0.5, 0.6) is 5.75 Å². The van der Waals surface area contributed by atoms with E-state index in [9.17, 15) is 0 Å². The molecule has 34 heavy (non-hydrogen) atoms. The minimum Gasteiger partial charge on any atom is -0.496 e. The van der Waals surface area contributed by atoms with Gasteiger partial charge in [-0.25, -0.2) is 0 Å². The average molecular weight is 455 g/mol. The molecule has 3 nitrogen and oxygen atoms in total. The maximum atomic E-state index is 5.74. The van der Waals surface area contributed by atoms with Gasteiger partial charge >= 0.3 is 0 Å². The highest BCUT2D eigenvalue weighted by molar-refractivity contribution is 5.38. The lowest BCUT2D eigenvalue weighted by molar-refractivity contribution is 0.00462. The van der Waals surface area contributed by atoms with Gasteiger partial charge in [0.05, 0.1) is 7.11 Å². The lowest BCUT2D eigenvalue weighted by Crippen LogP contribution is -2.64. The number of benzene rings is 3. The van der Waals surface area contributed by atoms with Crippen molar-refractivity contribution in [3.05, 3.63) is 101 Å². The van der Waals surface area contributed by atoms with Gasteiger partial charge in [-0.1, -0.05) is 86.1 Å². The Bertz CT molecular complexity index is 1000. The molecule has 3 aromatic carbocycles. The molecule has 3 heteroatoms. The van der Waals surface area contributed by atoms with Crippen LogP contribution in [0.25, 0.3) is 0 Å². The number of ether oxygens (including phenoxy) is 1. The Morgan fingerprint density at radius 3 is 2.15 bits per heavy atom. The van der Waals surface area contributed by atoms with Gasteiger partial charge in [-0.15, -0.1) is 0 Å². The van der Waals surface area contributed by atoms with E-state index in [-0.39, 0.29) is 0 Å². The fourth-order valence-electron chi connectivity index (χ4n) is 6.34. The van der Waals surface area contributed by atoms with E-state index in [1.165, 1.54) is 48.2 Å². The van der Waals surface area contributed by atoms with Gasteiger partial charge in [0.25, 0.3) is 0 Å². The van der Waals surface area contributed by atoms with Gasteiger partial charge in [-0.3, -0.25) is 4.90 Å². The summed E-state index contributed by atoms with van der Waals surface area (Å²) in [6, 6.07) is 29.9. The fraction of sp³-hybridized carbons (Fsp3) is 0.419. The topological polar surface area (TPSA) is 24.5 Å². The number of nitrogens with zero attached hydrogens (tertiary/aromatic N) is 1. The molecule has 3 aliphatic heterocycles. The Morgan fingerprint density at radius 1 is 0.912 bits per heavy atom. The fourth-order valence-corrected chi connectivity index (χ4v) is 6.34. The van der Waals surface area contributed by atoms with E-state index < -0.39 is 0 Å². The van der Waals surface area contributed by atoms with Crippen molar-refractivity contribution in [2.75, 3.05) is 20.2 Å². The van der Waals surface area contributed by atoms with Crippen molar-refractivity contribution in [1.82, 2.24) is 10.2 Å². The lowest BCUT2D eigenvalue weighted by atomic mass is 9.70. The first kappa shape index (κ1) is 23.1. The summed E-state index contributed by atoms with van der Waals surface area (Å²) in [7, 11) is 1.79. The summed E-state index contributed by atoms with van der Waals surface area (Å²) in [4.78, 5) is 2.76. The third-order valence-electron chi connectivity index (χ3n) is 7.94. The highest BCUT2D eigenvalue weighted by Crippen LogP contribution is 2.42. The molecule has 2 bridgehead atoms. The molecule has 0 spiro atoms. The van der Waals surface area contributed by atoms with E-state index in [4.69, 9.17) is 4.74 Å². The summed E-state index contributed by atoms with van der Waals surface area (Å²) in [5, 5.41) is 4.06. The van der Waals surface area contributed by atoms with Gasteiger partial charge in [0.2, 0.25) is 0 Å². The molecular formula is C31H38N2O. The molecule has 2 unspecified atom stereocenters. The van der Waals surface area contributed by atoms with Gasteiger partial charge in [-0.05, 0) is 61.0 Å². The maximum absolute atomic E-state index is 5.74. The molecule has 0 aliphatic carbocycles. The number of methoxy groups -OCH3 is 1. The van der Waals surface area contributed by atoms with E-state index >= 15 is 0 Å². The number of nitrogens with one attached hydrogen (secondary N) is 1. The molecule has 3 heterocycles. The minimum atomic E-state index is 0.358. The number of aryl methyl sites for hydroxylation is 1. The third-order valence-corrected chi connectivity index (χ3v) is 7.94. The summed E-state index contributed by atoms with van der Waals surface area (Å²) in [5.41, 5.74) is 5.51. The molecule has 1 N–H and O–H groups in total. The smallest absolute Gasteiger partial charge is 0.123 e. The van der Waals surface area contributed by atoms with Crippen molar-refractivity contribution in [2.45, 2.75) is 57.2 Å². The Morgan fingerprint density at radius 2 is 1.56 bits per heavy atom. The number of rotatable bonds is 9. The molecule has 3 fully saturated rings. The van der Waals surface area contributed by atoms with Gasteiger partial charge in [-0.2, -0.15) is 0 Å². The summed E-state index contributed by atoms with van der Waals surface area (Å²) in [5.74, 6) is 2.07. The van der Waals surface area contributed by atoms with Crippen molar-refractivity contribution < 1.29 is 4.74 Å². The van der Waals surface area contributed by atoms with Crippen molar-refractivity contribution >= 4 is 0 Å². The lowest BCUT2D eigenvalue weighted by Gasteiger charge is -2.54. The van der Waals surface area contributed by atoms with Gasteiger partial charge in [0.1, 0.15) is 5.75 Å². The number of hydrogen-bond acceptors (Lipinski definition) is 3. The highest BCUT2D eigenvalue weighted by Gasteiger charge is 2.46. The molecule has 0 amide bonds. The van der Waals surface area contributed by atoms with Gasteiger partial charge in [0, 0.05) is 30.1 Å². The standard InChI is InChI=1S/C31H38N2O/c1-3-10-23-15-16-28(34-2)27(21-23)22-32-30-26-17-19-33(20-18-26)31(30)29(24-11-6-4-7-12-24)25-13-8-5-9-14-25/h4-9,11-16,21,26,29-32H,3,10,17-20,22H2,1-2H3. The summed E-state index contributed by atoms with van der Waals surface area (Å²) in [6.07, 6.45) is 4.86. The highest BCUT2D eigenvalue weighted by atomic mass is 16.5. The second-order valence-corrected chi connectivity index (χ2v) is 9.97. The molecule has 0 saturated carbocycles. The van der Waals surface area contributed by atoms with Crippen LogP contribution in [0, 0.1) is 5.92 Å². The van der Waals surface area contributed by atoms with E-state index in [0.29, 0.717) is 18.0 Å². The summed E-state index contributed by atoms with van der Waals surface area (Å²) < 4.78 is 5.74. The van der Waals surface area contributed by atoms with Crippen molar-refractivity contribution in [3.63, 3.8) is 0 Å². The predicted octanol–water partition coefficient (Wildman–Crippen LogP) is 6.03. The predicted molar refractivity (Wildman–Crippen MR) is 140 cm³/mol. The van der Waals surface area contributed by atoms with Crippen LogP contribution in [-0.4, -0.2) is 37.2 Å². The molecule has 3 aromatic rings. The summed E-state index contributed by atoms with van der Waals surface area (Å²) in [6.45, 7) is 5.51. The number of piperidine rings is 3. The van der Waals surface area contributed by atoms with E-state index in [2.05, 4.69) is 96.0 Å². The summed E-state index contributed by atoms with van der Waals surface area (Å²) >= 11 is 0. The molecular weight excluding hydrogens is 416 g/mol. The second-order valence-electron chi connectivity index (χ2n) is 9.97. The first-order valence-electron chi connectivity index (χ1n) is 13.0. The quantitative estimate of drug-likeness (QED) is 0.427.